The van der Waals surface area contributed by atoms with Crippen LogP contribution in [0.4, 0.5) is 0 Å². The summed E-state index contributed by atoms with van der Waals surface area (Å²) in [7, 11) is 1.79. The van der Waals surface area contributed by atoms with Gasteiger partial charge in [0.15, 0.2) is 0 Å². The average Bonchev–Trinajstić information content (AvgIpc) is 2.82. The van der Waals surface area contributed by atoms with Gasteiger partial charge in [-0.05, 0) is 72.5 Å². The van der Waals surface area contributed by atoms with Gasteiger partial charge in [0.05, 0.1) is 7.11 Å². The molecule has 0 bridgehead atoms. The molecule has 1 aliphatic carbocycles. The van der Waals surface area contributed by atoms with E-state index in [0.29, 0.717) is 6.04 Å². The summed E-state index contributed by atoms with van der Waals surface area (Å²) in [6.45, 7) is 4.57. The molecule has 0 saturated carbocycles. The zero-order valence-corrected chi connectivity index (χ0v) is 18.3. The van der Waals surface area contributed by atoms with Gasteiger partial charge < -0.3 is 4.74 Å². The molecule has 0 N–H and O–H groups in total. The third-order valence-electron chi connectivity index (χ3n) is 6.41. The molecule has 1 atom stereocenters. The largest absolute Gasteiger partial charge is 0.496 e. The second-order valence-electron chi connectivity index (χ2n) is 8.34. The molecular weight excluding hydrogens is 366 g/mol. The number of aryl methyl sites for hydroxylation is 1. The molecule has 3 aromatic rings. The van der Waals surface area contributed by atoms with Crippen molar-refractivity contribution >= 4 is 0 Å². The number of nitrogens with zero attached hydrogens (tertiary/aromatic N) is 1. The van der Waals surface area contributed by atoms with Crippen LogP contribution in [0.15, 0.2) is 72.8 Å². The van der Waals surface area contributed by atoms with E-state index in [1.54, 1.807) is 7.11 Å². The van der Waals surface area contributed by atoms with Gasteiger partial charge in [-0.15, -0.1) is 0 Å². The first-order chi connectivity index (χ1) is 14.8. The Morgan fingerprint density at radius 2 is 1.63 bits per heavy atom. The highest BCUT2D eigenvalue weighted by Crippen LogP contribution is 2.31. The topological polar surface area (TPSA) is 12.5 Å². The number of ether oxygens (including phenoxy) is 1. The van der Waals surface area contributed by atoms with Crippen molar-refractivity contribution in [2.24, 2.45) is 0 Å². The van der Waals surface area contributed by atoms with Crippen LogP contribution in [-0.4, -0.2) is 31.1 Å². The van der Waals surface area contributed by atoms with E-state index in [2.05, 4.69) is 84.6 Å². The van der Waals surface area contributed by atoms with Gasteiger partial charge in [-0.25, -0.2) is 0 Å². The number of fused-ring (bicyclic) bond motifs is 1. The van der Waals surface area contributed by atoms with Crippen molar-refractivity contribution in [3.8, 4) is 16.9 Å². The maximum atomic E-state index is 5.66. The Kier molecular flexibility index (Phi) is 6.86. The lowest BCUT2D eigenvalue weighted by Gasteiger charge is -2.35. The van der Waals surface area contributed by atoms with Crippen LogP contribution >= 0.6 is 0 Å². The van der Waals surface area contributed by atoms with Crippen molar-refractivity contribution < 1.29 is 4.74 Å². The summed E-state index contributed by atoms with van der Waals surface area (Å²) in [4.78, 5) is 2.71. The summed E-state index contributed by atoms with van der Waals surface area (Å²) in [6, 6.07) is 26.8. The second-order valence-corrected chi connectivity index (χ2v) is 8.34. The van der Waals surface area contributed by atoms with E-state index < -0.39 is 0 Å². The monoisotopic (exact) mass is 399 g/mol. The van der Waals surface area contributed by atoms with Crippen LogP contribution in [0.3, 0.4) is 0 Å². The van der Waals surface area contributed by atoms with Crippen LogP contribution in [0.5, 0.6) is 5.75 Å². The van der Waals surface area contributed by atoms with Crippen LogP contribution in [0.2, 0.25) is 0 Å². The summed E-state index contributed by atoms with van der Waals surface area (Å²) < 4.78 is 5.66. The molecule has 0 amide bonds. The predicted octanol–water partition coefficient (Wildman–Crippen LogP) is 6.17. The molecule has 0 aliphatic heterocycles. The fourth-order valence-electron chi connectivity index (χ4n) is 4.77. The molecule has 4 rings (SSSR count). The summed E-state index contributed by atoms with van der Waals surface area (Å²) in [5, 5.41) is 0. The molecule has 0 aromatic heterocycles. The molecule has 0 spiro atoms. The van der Waals surface area contributed by atoms with Crippen molar-refractivity contribution in [2.45, 2.75) is 45.1 Å². The highest BCUT2D eigenvalue weighted by molar-refractivity contribution is 5.63. The van der Waals surface area contributed by atoms with Gasteiger partial charge in [0.25, 0.3) is 0 Å². The molecule has 0 heterocycles. The van der Waals surface area contributed by atoms with Crippen LogP contribution in [-0.2, 0) is 19.3 Å². The molecule has 30 heavy (non-hydrogen) atoms. The zero-order valence-electron chi connectivity index (χ0n) is 18.3. The molecule has 3 aromatic carbocycles. The molecule has 0 fully saturated rings. The van der Waals surface area contributed by atoms with Gasteiger partial charge in [0, 0.05) is 12.6 Å². The lowest BCUT2D eigenvalue weighted by molar-refractivity contribution is 0.180. The Morgan fingerprint density at radius 3 is 2.37 bits per heavy atom. The Hall–Kier alpha value is -2.58. The van der Waals surface area contributed by atoms with E-state index in [1.165, 1.54) is 40.7 Å². The lowest BCUT2D eigenvalue weighted by atomic mass is 9.86. The molecule has 156 valence electrons. The Bertz CT molecular complexity index is 918. The molecule has 2 nitrogen and oxygen atoms in total. The number of hydrogen-bond donors (Lipinski definition) is 0. The van der Waals surface area contributed by atoms with Crippen molar-refractivity contribution in [1.29, 1.82) is 0 Å². The smallest absolute Gasteiger partial charge is 0.122 e. The second kappa shape index (κ2) is 9.95. The van der Waals surface area contributed by atoms with E-state index in [9.17, 15) is 0 Å². The van der Waals surface area contributed by atoms with Gasteiger partial charge in [-0.2, -0.15) is 0 Å². The normalized spacial score (nSPS) is 15.8. The van der Waals surface area contributed by atoms with E-state index in [0.717, 1.165) is 38.1 Å². The van der Waals surface area contributed by atoms with Crippen LogP contribution in [0, 0.1) is 0 Å². The van der Waals surface area contributed by atoms with E-state index >= 15 is 0 Å². The van der Waals surface area contributed by atoms with E-state index in [1.807, 2.05) is 0 Å². The van der Waals surface area contributed by atoms with E-state index in [-0.39, 0.29) is 0 Å². The fourth-order valence-corrected chi connectivity index (χ4v) is 4.77. The summed E-state index contributed by atoms with van der Waals surface area (Å²) in [5.74, 6) is 1.06. The third kappa shape index (κ3) is 4.76. The first-order valence-electron chi connectivity index (χ1n) is 11.3. The van der Waals surface area contributed by atoms with Crippen molar-refractivity contribution in [1.82, 2.24) is 4.90 Å². The molecule has 0 saturated heterocycles. The van der Waals surface area contributed by atoms with Gasteiger partial charge in [-0.3, -0.25) is 4.90 Å². The minimum atomic E-state index is 0.609. The van der Waals surface area contributed by atoms with Gasteiger partial charge in [-0.1, -0.05) is 73.7 Å². The highest BCUT2D eigenvalue weighted by Gasteiger charge is 2.25. The van der Waals surface area contributed by atoms with Crippen molar-refractivity contribution in [3.63, 3.8) is 0 Å². The summed E-state index contributed by atoms with van der Waals surface area (Å²) in [6.07, 6.45) is 5.80. The minimum Gasteiger partial charge on any atom is -0.496 e. The molecule has 1 unspecified atom stereocenters. The number of hydrogen-bond acceptors (Lipinski definition) is 2. The molecular formula is C28H33NO. The Labute approximate surface area is 181 Å². The van der Waals surface area contributed by atoms with Crippen molar-refractivity contribution in [3.05, 3.63) is 89.5 Å². The molecule has 2 heteroatoms. The van der Waals surface area contributed by atoms with Crippen LogP contribution in [0.1, 0.15) is 36.5 Å². The average molecular weight is 400 g/mol. The molecule has 1 aliphatic rings. The first kappa shape index (κ1) is 20.7. The lowest BCUT2D eigenvalue weighted by Crippen LogP contribution is -2.41. The minimum absolute atomic E-state index is 0.609. The highest BCUT2D eigenvalue weighted by atomic mass is 16.5. The Morgan fingerprint density at radius 1 is 0.867 bits per heavy atom. The third-order valence-corrected chi connectivity index (χ3v) is 6.41. The maximum absolute atomic E-state index is 5.66. The zero-order chi connectivity index (χ0) is 20.8. The molecule has 0 radical (unpaired) electrons. The SMILES string of the molecule is CCCN(CCc1ccc(-c2ccccc2)cc1)C1CCc2cccc(OC)c2C1. The standard InChI is InChI=1S/C28H33NO/c1-3-19-29(26-17-16-25-10-7-11-28(30-2)27(25)21-26)20-18-22-12-14-24(15-13-22)23-8-5-4-6-9-23/h4-15,26H,3,16-21H2,1-2H3. The van der Waals surface area contributed by atoms with Crippen LogP contribution in [0.25, 0.3) is 11.1 Å². The quantitative estimate of drug-likeness (QED) is 0.449. The van der Waals surface area contributed by atoms with Crippen molar-refractivity contribution in [2.75, 3.05) is 20.2 Å². The van der Waals surface area contributed by atoms with Gasteiger partial charge >= 0.3 is 0 Å². The van der Waals surface area contributed by atoms with Gasteiger partial charge in [0.1, 0.15) is 5.75 Å². The van der Waals surface area contributed by atoms with Gasteiger partial charge in [0.2, 0.25) is 0 Å². The van der Waals surface area contributed by atoms with Crippen LogP contribution < -0.4 is 4.74 Å². The first-order valence-corrected chi connectivity index (χ1v) is 11.3. The van der Waals surface area contributed by atoms with E-state index in [4.69, 9.17) is 4.74 Å². The predicted molar refractivity (Wildman–Crippen MR) is 126 cm³/mol. The fraction of sp³-hybridized carbons (Fsp3) is 0.357. The maximum Gasteiger partial charge on any atom is 0.122 e. The Balaban J connectivity index is 1.42. The number of methoxy groups -OCH3 is 1. The summed E-state index contributed by atoms with van der Waals surface area (Å²) in [5.41, 5.74) is 6.89. The summed E-state index contributed by atoms with van der Waals surface area (Å²) >= 11 is 0. The number of rotatable bonds is 8. The number of benzene rings is 3.